The fourth-order valence-corrected chi connectivity index (χ4v) is 4.85. The summed E-state index contributed by atoms with van der Waals surface area (Å²) in [7, 11) is 3.33. The molecule has 2 aliphatic heterocycles. The van der Waals surface area contributed by atoms with E-state index in [9.17, 15) is 4.79 Å². The van der Waals surface area contributed by atoms with Gasteiger partial charge in [0.25, 0.3) is 0 Å². The van der Waals surface area contributed by atoms with Crippen molar-refractivity contribution in [2.45, 2.75) is 64.6 Å². The quantitative estimate of drug-likeness (QED) is 0.450. The number of ether oxygens (including phenoxy) is 2. The van der Waals surface area contributed by atoms with Gasteiger partial charge in [0, 0.05) is 17.3 Å². The molecule has 0 unspecified atom stereocenters. The largest absolute Gasteiger partial charge is 0.497 e. The fraction of sp³-hybridized carbons (Fsp3) is 0.429. The van der Waals surface area contributed by atoms with E-state index in [2.05, 4.69) is 37.0 Å². The molecule has 0 aromatic heterocycles. The number of methoxy groups -OCH3 is 2. The summed E-state index contributed by atoms with van der Waals surface area (Å²) in [5.41, 5.74) is 3.17. The smallest absolute Gasteiger partial charge is 0.236 e. The van der Waals surface area contributed by atoms with Crippen LogP contribution in [0.1, 0.15) is 63.1 Å². The molecule has 2 heterocycles. The molecule has 2 aromatic carbocycles. The van der Waals surface area contributed by atoms with Gasteiger partial charge in [0.2, 0.25) is 11.9 Å². The van der Waals surface area contributed by atoms with Crippen LogP contribution >= 0.6 is 0 Å². The van der Waals surface area contributed by atoms with Crippen molar-refractivity contribution < 1.29 is 14.3 Å². The molecule has 4 rings (SSSR count). The predicted molar refractivity (Wildman–Crippen MR) is 135 cm³/mol. The maximum atomic E-state index is 13.5. The van der Waals surface area contributed by atoms with Gasteiger partial charge in [-0.2, -0.15) is 0 Å². The lowest BCUT2D eigenvalue weighted by molar-refractivity contribution is -0.126. The number of hydrogen-bond acceptors (Lipinski definition) is 5. The number of unbranched alkanes of at least 4 members (excludes halogenated alkanes) is 2. The van der Waals surface area contributed by atoms with Crippen molar-refractivity contribution in [3.8, 4) is 11.5 Å². The summed E-state index contributed by atoms with van der Waals surface area (Å²) in [5.74, 6) is 2.39. The lowest BCUT2D eigenvalue weighted by Gasteiger charge is -2.30. The van der Waals surface area contributed by atoms with Crippen LogP contribution in [0.15, 0.2) is 65.3 Å². The number of allylic oxidation sites excluding steroid dienone is 1. The maximum absolute atomic E-state index is 13.5. The van der Waals surface area contributed by atoms with Gasteiger partial charge in [0.1, 0.15) is 11.5 Å². The molecule has 0 N–H and O–H groups in total. The first kappa shape index (κ1) is 23.9. The SMILES string of the molecule is CCCC/C=C1/[C@@H](CC)N(Cc2ccc(OC)cc2OC)C2=N[C@H](c3ccccc3)CC(=O)N21. The number of carbonyl (C=O) groups excluding carboxylic acids is 1. The molecule has 2 atom stereocenters. The Hall–Kier alpha value is -3.28. The molecule has 0 radical (unpaired) electrons. The van der Waals surface area contributed by atoms with E-state index in [4.69, 9.17) is 14.5 Å². The molecule has 6 nitrogen and oxygen atoms in total. The monoisotopic (exact) mass is 461 g/mol. The summed E-state index contributed by atoms with van der Waals surface area (Å²) in [5, 5.41) is 0. The highest BCUT2D eigenvalue weighted by atomic mass is 16.5. The molecular formula is C28H35N3O3. The minimum Gasteiger partial charge on any atom is -0.497 e. The van der Waals surface area contributed by atoms with Gasteiger partial charge >= 0.3 is 0 Å². The van der Waals surface area contributed by atoms with Gasteiger partial charge in [-0.1, -0.05) is 63.1 Å². The molecular weight excluding hydrogens is 426 g/mol. The van der Waals surface area contributed by atoms with Gasteiger partial charge in [-0.15, -0.1) is 0 Å². The van der Waals surface area contributed by atoms with E-state index in [1.807, 2.05) is 41.3 Å². The van der Waals surface area contributed by atoms with Crippen molar-refractivity contribution in [3.05, 3.63) is 71.4 Å². The second kappa shape index (κ2) is 10.8. The highest BCUT2D eigenvalue weighted by Gasteiger charge is 2.45. The Morgan fingerprint density at radius 1 is 1.09 bits per heavy atom. The normalized spacial score (nSPS) is 21.0. The Bertz CT molecular complexity index is 1060. The number of guanidine groups is 1. The number of nitrogens with zero attached hydrogens (tertiary/aromatic N) is 3. The number of fused-ring (bicyclic) bond motifs is 1. The van der Waals surface area contributed by atoms with Crippen LogP contribution in [0, 0.1) is 0 Å². The van der Waals surface area contributed by atoms with Gasteiger partial charge in [0.05, 0.1) is 39.3 Å². The first-order valence-electron chi connectivity index (χ1n) is 12.2. The van der Waals surface area contributed by atoms with Crippen molar-refractivity contribution in [1.82, 2.24) is 9.80 Å². The van der Waals surface area contributed by atoms with E-state index in [1.165, 1.54) is 0 Å². The van der Waals surface area contributed by atoms with Crippen LogP contribution in [0.2, 0.25) is 0 Å². The summed E-state index contributed by atoms with van der Waals surface area (Å²) in [6, 6.07) is 15.9. The van der Waals surface area contributed by atoms with Gasteiger partial charge < -0.3 is 14.4 Å². The summed E-state index contributed by atoms with van der Waals surface area (Å²) in [4.78, 5) is 22.8. The molecule has 0 aliphatic carbocycles. The van der Waals surface area contributed by atoms with E-state index in [0.717, 1.165) is 60.0 Å². The third-order valence-corrected chi connectivity index (χ3v) is 6.64. The van der Waals surface area contributed by atoms with Crippen LogP contribution in [0.5, 0.6) is 11.5 Å². The number of aliphatic imine (C=N–C) groups is 1. The van der Waals surface area contributed by atoms with E-state index in [1.54, 1.807) is 14.2 Å². The highest BCUT2D eigenvalue weighted by molar-refractivity contribution is 6.03. The number of rotatable bonds is 9. The molecule has 1 fully saturated rings. The maximum Gasteiger partial charge on any atom is 0.236 e. The third kappa shape index (κ3) is 4.67. The Balaban J connectivity index is 1.77. The Kier molecular flexibility index (Phi) is 7.56. The molecule has 0 saturated carbocycles. The number of hydrogen-bond donors (Lipinski definition) is 0. The van der Waals surface area contributed by atoms with Gasteiger partial charge in [-0.3, -0.25) is 9.69 Å². The van der Waals surface area contributed by atoms with Gasteiger partial charge in [0.15, 0.2) is 0 Å². The molecule has 2 aliphatic rings. The molecule has 1 amide bonds. The van der Waals surface area contributed by atoms with Crippen LogP contribution in [-0.2, 0) is 11.3 Å². The van der Waals surface area contributed by atoms with E-state index < -0.39 is 0 Å². The Morgan fingerprint density at radius 3 is 2.56 bits per heavy atom. The number of benzene rings is 2. The Morgan fingerprint density at radius 2 is 1.88 bits per heavy atom. The summed E-state index contributed by atoms with van der Waals surface area (Å²) < 4.78 is 11.1. The zero-order valence-electron chi connectivity index (χ0n) is 20.7. The van der Waals surface area contributed by atoms with Crippen LogP contribution in [0.4, 0.5) is 0 Å². The third-order valence-electron chi connectivity index (χ3n) is 6.64. The second-order valence-electron chi connectivity index (χ2n) is 8.79. The first-order valence-corrected chi connectivity index (χ1v) is 12.2. The molecule has 6 heteroatoms. The van der Waals surface area contributed by atoms with E-state index in [-0.39, 0.29) is 18.0 Å². The molecule has 1 saturated heterocycles. The molecule has 0 bridgehead atoms. The van der Waals surface area contributed by atoms with Crippen molar-refractivity contribution in [1.29, 1.82) is 0 Å². The number of amides is 1. The fourth-order valence-electron chi connectivity index (χ4n) is 4.85. The summed E-state index contributed by atoms with van der Waals surface area (Å²) >= 11 is 0. The highest BCUT2D eigenvalue weighted by Crippen LogP contribution is 2.39. The molecule has 180 valence electrons. The van der Waals surface area contributed by atoms with Crippen molar-refractivity contribution in [2.75, 3.05) is 14.2 Å². The Labute approximate surface area is 202 Å². The minimum absolute atomic E-state index is 0.0842. The molecule has 0 spiro atoms. The minimum atomic E-state index is -0.173. The van der Waals surface area contributed by atoms with Crippen LogP contribution < -0.4 is 9.47 Å². The summed E-state index contributed by atoms with van der Waals surface area (Å²) in [6.07, 6.45) is 6.70. The lowest BCUT2D eigenvalue weighted by Crippen LogP contribution is -2.41. The standard InChI is InChI=1S/C28H35N3O3/c1-5-7-9-14-25-24(6-2)30(19-21-15-16-22(33-3)17-26(21)34-4)28-29-23(18-27(32)31(25)28)20-12-10-8-11-13-20/h8,10-17,23-24H,5-7,9,18-19H2,1-4H3/b25-14-/t23-,24+/m0/s1. The lowest BCUT2D eigenvalue weighted by atomic mass is 10.0. The predicted octanol–water partition coefficient (Wildman–Crippen LogP) is 5.70. The zero-order chi connectivity index (χ0) is 24.1. The van der Waals surface area contributed by atoms with Gasteiger partial charge in [-0.05, 0) is 30.5 Å². The average Bonchev–Trinajstić information content (AvgIpc) is 3.17. The molecule has 2 aromatic rings. The van der Waals surface area contributed by atoms with Crippen LogP contribution in [0.25, 0.3) is 0 Å². The number of carbonyl (C=O) groups is 1. The average molecular weight is 462 g/mol. The summed E-state index contributed by atoms with van der Waals surface area (Å²) in [6.45, 7) is 4.96. The molecule has 34 heavy (non-hydrogen) atoms. The first-order chi connectivity index (χ1) is 16.6. The second-order valence-corrected chi connectivity index (χ2v) is 8.79. The topological polar surface area (TPSA) is 54.4 Å². The van der Waals surface area contributed by atoms with E-state index >= 15 is 0 Å². The van der Waals surface area contributed by atoms with Crippen molar-refractivity contribution >= 4 is 11.9 Å². The zero-order valence-corrected chi connectivity index (χ0v) is 20.7. The van der Waals surface area contributed by atoms with Crippen molar-refractivity contribution in [3.63, 3.8) is 0 Å². The van der Waals surface area contributed by atoms with Crippen LogP contribution in [0.3, 0.4) is 0 Å². The van der Waals surface area contributed by atoms with Crippen molar-refractivity contribution in [2.24, 2.45) is 4.99 Å². The van der Waals surface area contributed by atoms with E-state index in [0.29, 0.717) is 13.0 Å². The van der Waals surface area contributed by atoms with Gasteiger partial charge in [-0.25, -0.2) is 4.99 Å². The van der Waals surface area contributed by atoms with Crippen LogP contribution in [-0.4, -0.2) is 41.9 Å².